The molecule has 3 aromatic rings. The SMILES string of the molecule is COc1ccc2nccc(C(F)CC[C@@H]3CCN(CC#Cc4cccnc4)C[C@@H]3CO)c2c1. The first-order valence-corrected chi connectivity index (χ1v) is 11.5. The fourth-order valence-corrected chi connectivity index (χ4v) is 4.64. The van der Waals surface area contributed by atoms with Crippen LogP contribution in [0.3, 0.4) is 0 Å². The van der Waals surface area contributed by atoms with Gasteiger partial charge in [0.05, 0.1) is 19.2 Å². The number of halogens is 1. The molecule has 5 nitrogen and oxygen atoms in total. The number of fused-ring (bicyclic) bond motifs is 1. The number of hydrogen-bond donors (Lipinski definition) is 1. The van der Waals surface area contributed by atoms with Gasteiger partial charge < -0.3 is 9.84 Å². The van der Waals surface area contributed by atoms with Gasteiger partial charge in [0, 0.05) is 42.7 Å². The summed E-state index contributed by atoms with van der Waals surface area (Å²) in [4.78, 5) is 10.7. The van der Waals surface area contributed by atoms with Gasteiger partial charge >= 0.3 is 0 Å². The highest BCUT2D eigenvalue weighted by atomic mass is 19.1. The number of benzene rings is 1. The topological polar surface area (TPSA) is 58.5 Å². The number of pyridine rings is 2. The number of likely N-dealkylation sites (tertiary alicyclic amines) is 1. The third kappa shape index (κ3) is 5.87. The third-order valence-corrected chi connectivity index (χ3v) is 6.52. The molecule has 0 amide bonds. The maximum atomic E-state index is 15.3. The number of piperidine rings is 1. The van der Waals surface area contributed by atoms with Crippen molar-refractivity contribution in [2.24, 2.45) is 11.8 Å². The summed E-state index contributed by atoms with van der Waals surface area (Å²) in [6, 6.07) is 11.1. The van der Waals surface area contributed by atoms with E-state index in [1.54, 1.807) is 31.8 Å². The van der Waals surface area contributed by atoms with Gasteiger partial charge in [0.15, 0.2) is 0 Å². The minimum Gasteiger partial charge on any atom is -0.497 e. The van der Waals surface area contributed by atoms with Crippen LogP contribution < -0.4 is 4.74 Å². The Morgan fingerprint density at radius 2 is 2.15 bits per heavy atom. The van der Waals surface area contributed by atoms with Crippen molar-refractivity contribution in [1.29, 1.82) is 0 Å². The molecule has 0 bridgehead atoms. The van der Waals surface area contributed by atoms with E-state index in [0.717, 1.165) is 42.4 Å². The van der Waals surface area contributed by atoms with Gasteiger partial charge in [-0.05, 0) is 79.6 Å². The van der Waals surface area contributed by atoms with Crippen molar-refractivity contribution in [3.05, 3.63) is 66.1 Å². The Hall–Kier alpha value is -3.01. The molecule has 1 fully saturated rings. The molecule has 172 valence electrons. The number of aliphatic hydroxyl groups is 1. The number of rotatable bonds is 7. The maximum absolute atomic E-state index is 15.3. The molecular formula is C27H30FN3O2. The summed E-state index contributed by atoms with van der Waals surface area (Å²) in [6.45, 7) is 2.47. The summed E-state index contributed by atoms with van der Waals surface area (Å²) in [5, 5.41) is 10.8. The van der Waals surface area contributed by atoms with Gasteiger partial charge in [0.25, 0.3) is 0 Å². The lowest BCUT2D eigenvalue weighted by Crippen LogP contribution is -2.42. The molecule has 4 rings (SSSR count). The van der Waals surface area contributed by atoms with Crippen molar-refractivity contribution < 1.29 is 14.2 Å². The monoisotopic (exact) mass is 447 g/mol. The summed E-state index contributed by atoms with van der Waals surface area (Å²) >= 11 is 0. The molecule has 0 saturated carbocycles. The average molecular weight is 448 g/mol. The number of alkyl halides is 1. The molecule has 1 unspecified atom stereocenters. The predicted octanol–water partition coefficient (Wildman–Crippen LogP) is 4.41. The first kappa shape index (κ1) is 23.2. The third-order valence-electron chi connectivity index (χ3n) is 6.52. The van der Waals surface area contributed by atoms with Crippen LogP contribution in [0.15, 0.2) is 55.0 Å². The highest BCUT2D eigenvalue weighted by Gasteiger charge is 2.29. The van der Waals surface area contributed by atoms with E-state index in [-0.39, 0.29) is 12.5 Å². The molecule has 1 N–H and O–H groups in total. The molecule has 6 heteroatoms. The smallest absolute Gasteiger partial charge is 0.126 e. The van der Waals surface area contributed by atoms with E-state index in [9.17, 15) is 5.11 Å². The Morgan fingerprint density at radius 3 is 2.94 bits per heavy atom. The van der Waals surface area contributed by atoms with Gasteiger partial charge in [0.1, 0.15) is 11.9 Å². The standard InChI is InChI=1S/C27H30FN3O2/c1-33-23-7-9-27-25(16-23)24(10-13-30-27)26(28)8-6-21-11-15-31(18-22(21)19-32)14-3-5-20-4-2-12-29-17-20/h2,4,7,9-10,12-13,16-17,21-22,26,32H,6,8,11,14-15,18-19H2,1H3/t21-,22-,26?/m1/s1. The van der Waals surface area contributed by atoms with Gasteiger partial charge in [-0.2, -0.15) is 0 Å². The molecular weight excluding hydrogens is 417 g/mol. The summed E-state index contributed by atoms with van der Waals surface area (Å²) in [6.07, 6.45) is 6.19. The predicted molar refractivity (Wildman–Crippen MR) is 128 cm³/mol. The van der Waals surface area contributed by atoms with Crippen LogP contribution >= 0.6 is 0 Å². The number of ether oxygens (including phenoxy) is 1. The molecule has 0 radical (unpaired) electrons. The van der Waals surface area contributed by atoms with Crippen LogP contribution in [0.1, 0.15) is 36.6 Å². The van der Waals surface area contributed by atoms with Crippen LogP contribution in [-0.4, -0.2) is 53.3 Å². The van der Waals surface area contributed by atoms with Crippen molar-refractivity contribution in [2.75, 3.05) is 33.4 Å². The molecule has 1 aromatic carbocycles. The maximum Gasteiger partial charge on any atom is 0.126 e. The van der Waals surface area contributed by atoms with Crippen molar-refractivity contribution in [2.45, 2.75) is 25.4 Å². The van der Waals surface area contributed by atoms with Crippen LogP contribution in [-0.2, 0) is 0 Å². The fraction of sp³-hybridized carbons (Fsp3) is 0.407. The lowest BCUT2D eigenvalue weighted by Gasteiger charge is -2.37. The van der Waals surface area contributed by atoms with Gasteiger partial charge in [0.2, 0.25) is 0 Å². The number of aliphatic hydroxyl groups excluding tert-OH is 1. The summed E-state index contributed by atoms with van der Waals surface area (Å²) in [5.41, 5.74) is 2.33. The molecule has 1 saturated heterocycles. The van der Waals surface area contributed by atoms with Gasteiger partial charge in [-0.25, -0.2) is 4.39 Å². The van der Waals surface area contributed by atoms with Gasteiger partial charge in [-0.1, -0.05) is 11.8 Å². The number of aromatic nitrogens is 2. The van der Waals surface area contributed by atoms with Crippen molar-refractivity contribution in [3.8, 4) is 17.6 Å². The largest absolute Gasteiger partial charge is 0.497 e. The number of methoxy groups -OCH3 is 1. The minimum atomic E-state index is -1.08. The Morgan fingerprint density at radius 1 is 1.24 bits per heavy atom. The van der Waals surface area contributed by atoms with Crippen LogP contribution in [0.4, 0.5) is 4.39 Å². The van der Waals surface area contributed by atoms with Crippen molar-refractivity contribution in [1.82, 2.24) is 14.9 Å². The first-order valence-electron chi connectivity index (χ1n) is 11.5. The molecule has 1 aliphatic rings. The highest BCUT2D eigenvalue weighted by molar-refractivity contribution is 5.83. The molecule has 3 atom stereocenters. The zero-order valence-electron chi connectivity index (χ0n) is 19.0. The Bertz CT molecular complexity index is 1110. The van der Waals surface area contributed by atoms with Crippen LogP contribution in [0.5, 0.6) is 5.75 Å². The Kier molecular flexibility index (Phi) is 7.87. The number of hydrogen-bond acceptors (Lipinski definition) is 5. The molecule has 0 spiro atoms. The van der Waals surface area contributed by atoms with Crippen LogP contribution in [0.25, 0.3) is 10.9 Å². The minimum absolute atomic E-state index is 0.115. The average Bonchev–Trinajstić information content (AvgIpc) is 2.87. The quantitative estimate of drug-likeness (QED) is 0.544. The molecule has 1 aliphatic heterocycles. The van der Waals surface area contributed by atoms with E-state index < -0.39 is 6.17 Å². The van der Waals surface area contributed by atoms with E-state index in [1.165, 1.54) is 0 Å². The Labute approximate surface area is 194 Å². The summed E-state index contributed by atoms with van der Waals surface area (Å²) < 4.78 is 20.6. The summed E-state index contributed by atoms with van der Waals surface area (Å²) in [5.74, 6) is 7.48. The molecule has 33 heavy (non-hydrogen) atoms. The van der Waals surface area contributed by atoms with Crippen LogP contribution in [0.2, 0.25) is 0 Å². The summed E-state index contributed by atoms with van der Waals surface area (Å²) in [7, 11) is 1.61. The van der Waals surface area contributed by atoms with E-state index in [0.29, 0.717) is 30.2 Å². The van der Waals surface area contributed by atoms with Crippen molar-refractivity contribution in [3.63, 3.8) is 0 Å². The second-order valence-electron chi connectivity index (χ2n) is 8.60. The van der Waals surface area contributed by atoms with E-state index >= 15 is 4.39 Å². The van der Waals surface area contributed by atoms with Gasteiger partial charge in [-0.3, -0.25) is 14.9 Å². The van der Waals surface area contributed by atoms with E-state index in [4.69, 9.17) is 4.74 Å². The fourth-order valence-electron chi connectivity index (χ4n) is 4.64. The first-order chi connectivity index (χ1) is 16.2. The van der Waals surface area contributed by atoms with Crippen molar-refractivity contribution >= 4 is 10.9 Å². The van der Waals surface area contributed by atoms with Crippen LogP contribution in [0, 0.1) is 23.7 Å². The highest BCUT2D eigenvalue weighted by Crippen LogP contribution is 2.35. The van der Waals surface area contributed by atoms with Gasteiger partial charge in [-0.15, -0.1) is 0 Å². The second kappa shape index (κ2) is 11.2. The molecule has 0 aliphatic carbocycles. The Balaban J connectivity index is 1.34. The normalized spacial score (nSPS) is 19.6. The van der Waals surface area contributed by atoms with E-state index in [1.807, 2.05) is 30.3 Å². The molecule has 2 aromatic heterocycles. The second-order valence-corrected chi connectivity index (χ2v) is 8.60. The zero-order valence-corrected chi connectivity index (χ0v) is 19.0. The number of nitrogens with zero attached hydrogens (tertiary/aromatic N) is 3. The lowest BCUT2D eigenvalue weighted by molar-refractivity contribution is 0.0708. The zero-order chi connectivity index (χ0) is 23.0. The van der Waals surface area contributed by atoms with E-state index in [2.05, 4.69) is 26.7 Å². The molecule has 3 heterocycles. The lowest BCUT2D eigenvalue weighted by atomic mass is 9.81.